The summed E-state index contributed by atoms with van der Waals surface area (Å²) in [6.45, 7) is -0.101. The number of halogens is 1. The lowest BCUT2D eigenvalue weighted by Gasteiger charge is -2.19. The van der Waals surface area contributed by atoms with Gasteiger partial charge in [0.05, 0.1) is 17.5 Å². The molecule has 0 spiro atoms. The summed E-state index contributed by atoms with van der Waals surface area (Å²) in [5.41, 5.74) is 1.10. The van der Waals surface area contributed by atoms with E-state index in [1.54, 1.807) is 48.5 Å². The number of imide groups is 1. The highest BCUT2D eigenvalue weighted by Crippen LogP contribution is 2.56. The highest BCUT2D eigenvalue weighted by molar-refractivity contribution is 6.30. The van der Waals surface area contributed by atoms with Crippen LogP contribution in [0.25, 0.3) is 0 Å². The Balaban J connectivity index is 1.26. The summed E-state index contributed by atoms with van der Waals surface area (Å²) in [4.78, 5) is 39.3. The fourth-order valence-electron chi connectivity index (χ4n) is 5.22. The molecule has 2 aliphatic carbocycles. The maximum absolute atomic E-state index is 12.9. The Bertz CT molecular complexity index is 957. The van der Waals surface area contributed by atoms with Gasteiger partial charge in [-0.05, 0) is 79.6 Å². The van der Waals surface area contributed by atoms with Gasteiger partial charge < -0.3 is 4.74 Å². The van der Waals surface area contributed by atoms with Crippen molar-refractivity contribution in [3.05, 3.63) is 59.1 Å². The number of ether oxygens (including phenoxy) is 1. The van der Waals surface area contributed by atoms with E-state index in [0.717, 1.165) is 19.3 Å². The van der Waals surface area contributed by atoms with Crippen LogP contribution in [0, 0.1) is 23.7 Å². The molecular weight excluding hydrogens is 390 g/mol. The highest BCUT2D eigenvalue weighted by Gasteiger charge is 2.61. The normalized spacial score (nSPS) is 27.4. The van der Waals surface area contributed by atoms with Crippen molar-refractivity contribution in [3.63, 3.8) is 0 Å². The van der Waals surface area contributed by atoms with Crippen LogP contribution in [-0.2, 0) is 9.59 Å². The van der Waals surface area contributed by atoms with E-state index in [2.05, 4.69) is 0 Å². The number of hydrogen-bond acceptors (Lipinski definition) is 4. The van der Waals surface area contributed by atoms with Gasteiger partial charge in [-0.3, -0.25) is 19.3 Å². The molecule has 3 aliphatic rings. The van der Waals surface area contributed by atoms with Gasteiger partial charge in [0.15, 0.2) is 12.4 Å². The summed E-state index contributed by atoms with van der Waals surface area (Å²) in [7, 11) is 0. The summed E-state index contributed by atoms with van der Waals surface area (Å²) in [5.74, 6) is 0.719. The molecule has 1 aliphatic heterocycles. The van der Waals surface area contributed by atoms with Crippen molar-refractivity contribution < 1.29 is 19.1 Å². The van der Waals surface area contributed by atoms with E-state index < -0.39 is 0 Å². The number of ketones is 1. The Kier molecular flexibility index (Phi) is 4.43. The average molecular weight is 410 g/mol. The van der Waals surface area contributed by atoms with E-state index in [4.69, 9.17) is 16.3 Å². The van der Waals surface area contributed by atoms with E-state index in [0.29, 0.717) is 33.9 Å². The van der Waals surface area contributed by atoms with Crippen LogP contribution in [0.1, 0.15) is 29.6 Å². The molecule has 5 rings (SSSR count). The monoisotopic (exact) mass is 409 g/mol. The van der Waals surface area contributed by atoms with Crippen LogP contribution >= 0.6 is 11.6 Å². The summed E-state index contributed by atoms with van der Waals surface area (Å²) in [5, 5.41) is 0.571. The molecule has 29 heavy (non-hydrogen) atoms. The number of nitrogens with zero attached hydrogens (tertiary/aromatic N) is 1. The number of amides is 2. The van der Waals surface area contributed by atoms with E-state index in [9.17, 15) is 14.4 Å². The number of fused-ring (bicyclic) bond motifs is 5. The summed E-state index contributed by atoms with van der Waals surface area (Å²) in [6.07, 6.45) is 3.15. The van der Waals surface area contributed by atoms with Gasteiger partial charge in [-0.2, -0.15) is 0 Å². The third-order valence-corrected chi connectivity index (χ3v) is 6.81. The zero-order valence-corrected chi connectivity index (χ0v) is 16.5. The molecular formula is C23H20ClNO4. The second kappa shape index (κ2) is 6.99. The largest absolute Gasteiger partial charge is 0.485 e. The van der Waals surface area contributed by atoms with Gasteiger partial charge in [0.1, 0.15) is 5.75 Å². The van der Waals surface area contributed by atoms with Crippen LogP contribution in [0.5, 0.6) is 5.75 Å². The maximum atomic E-state index is 12.9. The van der Waals surface area contributed by atoms with E-state index >= 15 is 0 Å². The zero-order valence-electron chi connectivity index (χ0n) is 15.7. The van der Waals surface area contributed by atoms with Crippen molar-refractivity contribution in [1.82, 2.24) is 0 Å². The summed E-state index contributed by atoms with van der Waals surface area (Å²) in [6, 6.07) is 13.4. The molecule has 3 fully saturated rings. The first-order valence-electron chi connectivity index (χ1n) is 9.92. The van der Waals surface area contributed by atoms with Crippen LogP contribution < -0.4 is 9.64 Å². The van der Waals surface area contributed by atoms with E-state index in [-0.39, 0.29) is 36.0 Å². The SMILES string of the molecule is O=C(COc1ccc(N2C(=O)[C@H]3[C@@H]4CC[C@@H](C4)[C@@H]3C2=O)cc1)c1ccc(Cl)cc1. The lowest BCUT2D eigenvalue weighted by molar-refractivity contribution is -0.123. The molecule has 4 atom stereocenters. The molecule has 2 aromatic rings. The number of Topliss-reactive ketones (excluding diaryl/α,β-unsaturated/α-hetero) is 1. The number of carbonyl (C=O) groups is 3. The van der Waals surface area contributed by atoms with Gasteiger partial charge >= 0.3 is 0 Å². The van der Waals surface area contributed by atoms with Crippen molar-refractivity contribution in [2.24, 2.45) is 23.7 Å². The fourth-order valence-corrected chi connectivity index (χ4v) is 5.35. The first-order valence-corrected chi connectivity index (χ1v) is 10.3. The quantitative estimate of drug-likeness (QED) is 0.550. The lowest BCUT2D eigenvalue weighted by atomic mass is 9.81. The number of benzene rings is 2. The van der Waals surface area contributed by atoms with Crippen molar-refractivity contribution in [2.75, 3.05) is 11.5 Å². The van der Waals surface area contributed by atoms with Gasteiger partial charge in [-0.1, -0.05) is 11.6 Å². The minimum Gasteiger partial charge on any atom is -0.485 e. The Hall–Kier alpha value is -2.66. The zero-order chi connectivity index (χ0) is 20.1. The van der Waals surface area contributed by atoms with E-state index in [1.165, 1.54) is 4.90 Å². The molecule has 6 heteroatoms. The van der Waals surface area contributed by atoms with Crippen molar-refractivity contribution >= 4 is 34.9 Å². The van der Waals surface area contributed by atoms with Crippen molar-refractivity contribution in [3.8, 4) is 5.75 Å². The second-order valence-corrected chi connectivity index (χ2v) is 8.55. The molecule has 1 saturated heterocycles. The van der Waals surface area contributed by atoms with Crippen LogP contribution in [0.3, 0.4) is 0 Å². The van der Waals surface area contributed by atoms with Gasteiger partial charge in [0, 0.05) is 10.6 Å². The number of carbonyl (C=O) groups excluding carboxylic acids is 3. The third-order valence-electron chi connectivity index (χ3n) is 6.56. The van der Waals surface area contributed by atoms with E-state index in [1.807, 2.05) is 0 Å². The van der Waals surface area contributed by atoms with Gasteiger partial charge in [0.25, 0.3) is 0 Å². The van der Waals surface area contributed by atoms with Crippen LogP contribution in [0.4, 0.5) is 5.69 Å². The smallest absolute Gasteiger partial charge is 0.237 e. The summed E-state index contributed by atoms with van der Waals surface area (Å²) < 4.78 is 5.57. The first kappa shape index (κ1) is 18.4. The Labute approximate surface area is 173 Å². The molecule has 1 heterocycles. The standard InChI is InChI=1S/C23H20ClNO4/c24-16-5-3-13(4-6-16)19(26)12-29-18-9-7-17(8-10-18)25-22(27)20-14-1-2-15(11-14)21(20)23(25)28/h3-10,14-15,20-21H,1-2,11-12H2/t14-,15+,20-,21-/m0/s1. The predicted molar refractivity (Wildman–Crippen MR) is 108 cm³/mol. The Morgan fingerprint density at radius 1 is 0.931 bits per heavy atom. The highest BCUT2D eigenvalue weighted by atomic mass is 35.5. The molecule has 0 aromatic heterocycles. The minimum absolute atomic E-state index is 0.0567. The molecule has 0 N–H and O–H groups in total. The minimum atomic E-state index is -0.154. The van der Waals surface area contributed by atoms with Gasteiger partial charge in [-0.15, -0.1) is 0 Å². The van der Waals surface area contributed by atoms with Crippen LogP contribution in [0.2, 0.25) is 5.02 Å². The van der Waals surface area contributed by atoms with Crippen LogP contribution in [0.15, 0.2) is 48.5 Å². The van der Waals surface area contributed by atoms with Crippen molar-refractivity contribution in [2.45, 2.75) is 19.3 Å². The Morgan fingerprint density at radius 3 is 2.10 bits per heavy atom. The molecule has 5 nitrogen and oxygen atoms in total. The van der Waals surface area contributed by atoms with Gasteiger partial charge in [0.2, 0.25) is 11.8 Å². The van der Waals surface area contributed by atoms with Gasteiger partial charge in [-0.25, -0.2) is 0 Å². The average Bonchev–Trinajstić information content (AvgIpc) is 3.41. The Morgan fingerprint density at radius 2 is 1.52 bits per heavy atom. The van der Waals surface area contributed by atoms with Crippen LogP contribution in [-0.4, -0.2) is 24.2 Å². The molecule has 2 bridgehead atoms. The number of anilines is 1. The molecule has 2 aromatic carbocycles. The predicted octanol–water partition coefficient (Wildman–Crippen LogP) is 4.14. The number of hydrogen-bond donors (Lipinski definition) is 0. The second-order valence-electron chi connectivity index (χ2n) is 8.11. The molecule has 148 valence electrons. The topological polar surface area (TPSA) is 63.7 Å². The molecule has 0 radical (unpaired) electrons. The molecule has 0 unspecified atom stereocenters. The number of rotatable bonds is 5. The maximum Gasteiger partial charge on any atom is 0.237 e. The van der Waals surface area contributed by atoms with Crippen molar-refractivity contribution in [1.29, 1.82) is 0 Å². The molecule has 2 amide bonds. The lowest BCUT2D eigenvalue weighted by Crippen LogP contribution is -2.32. The first-order chi connectivity index (χ1) is 14.0. The third kappa shape index (κ3) is 3.04. The fraction of sp³-hybridized carbons (Fsp3) is 0.348. The molecule has 2 saturated carbocycles. The summed E-state index contributed by atoms with van der Waals surface area (Å²) >= 11 is 5.83.